The van der Waals surface area contributed by atoms with E-state index in [0.717, 1.165) is 37.4 Å². The maximum absolute atomic E-state index is 12.8. The van der Waals surface area contributed by atoms with Crippen LogP contribution in [0.2, 0.25) is 0 Å². The molecule has 0 spiro atoms. The van der Waals surface area contributed by atoms with Crippen LogP contribution in [0.3, 0.4) is 0 Å². The number of hydrogen-bond acceptors (Lipinski definition) is 9. The topological polar surface area (TPSA) is 126 Å². The Labute approximate surface area is 183 Å². The number of rotatable bonds is 5. The molecular formula is C21H21N7O4. The predicted octanol–water partition coefficient (Wildman–Crippen LogP) is 1.30. The second kappa shape index (κ2) is 8.27. The molecule has 3 aromatic rings. The molecule has 2 N–H and O–H groups in total. The third-order valence-electron chi connectivity index (χ3n) is 5.43. The van der Waals surface area contributed by atoms with E-state index in [2.05, 4.69) is 30.5 Å². The van der Waals surface area contributed by atoms with Gasteiger partial charge < -0.3 is 24.7 Å². The molecule has 0 aromatic carbocycles. The maximum atomic E-state index is 12.8. The molecular weight excluding hydrogens is 414 g/mol. The van der Waals surface area contributed by atoms with Crippen LogP contribution in [0.5, 0.6) is 5.88 Å². The summed E-state index contributed by atoms with van der Waals surface area (Å²) < 4.78 is 10.7. The van der Waals surface area contributed by atoms with Crippen LogP contribution in [0.15, 0.2) is 41.3 Å². The number of carbonyl (C=O) groups excluding carboxylic acids is 2. The van der Waals surface area contributed by atoms with E-state index in [0.29, 0.717) is 17.1 Å². The van der Waals surface area contributed by atoms with E-state index in [-0.39, 0.29) is 24.2 Å². The van der Waals surface area contributed by atoms with Gasteiger partial charge in [0.2, 0.25) is 11.6 Å². The number of piperazine rings is 1. The monoisotopic (exact) mass is 435 g/mol. The summed E-state index contributed by atoms with van der Waals surface area (Å²) in [6.07, 6.45) is 6.19. The van der Waals surface area contributed by atoms with Crippen LogP contribution in [0.1, 0.15) is 26.5 Å². The highest BCUT2D eigenvalue weighted by Gasteiger charge is 2.33. The molecule has 2 aliphatic heterocycles. The van der Waals surface area contributed by atoms with Crippen molar-refractivity contribution in [3.63, 3.8) is 0 Å². The van der Waals surface area contributed by atoms with Crippen LogP contribution in [-0.4, -0.2) is 60.1 Å². The first-order valence-electron chi connectivity index (χ1n) is 10.2. The number of nitrogens with one attached hydrogen (secondary N) is 2. The molecule has 5 heterocycles. The minimum absolute atomic E-state index is 0.00502. The van der Waals surface area contributed by atoms with Gasteiger partial charge in [-0.1, -0.05) is 0 Å². The fourth-order valence-corrected chi connectivity index (χ4v) is 3.79. The minimum Gasteiger partial charge on any atom is -0.481 e. The van der Waals surface area contributed by atoms with E-state index < -0.39 is 5.91 Å². The first kappa shape index (κ1) is 19.9. The number of ether oxygens (including phenoxy) is 1. The van der Waals surface area contributed by atoms with Crippen molar-refractivity contribution in [1.82, 2.24) is 20.3 Å². The fourth-order valence-electron chi connectivity index (χ4n) is 3.79. The molecule has 1 saturated heterocycles. The summed E-state index contributed by atoms with van der Waals surface area (Å²) in [5, 5.41) is 6.15. The van der Waals surface area contributed by atoms with Gasteiger partial charge in [0.15, 0.2) is 0 Å². The first-order chi connectivity index (χ1) is 15.6. The molecule has 5 rings (SSSR count). The lowest BCUT2D eigenvalue weighted by atomic mass is 10.2. The summed E-state index contributed by atoms with van der Waals surface area (Å²) in [5.74, 6) is -0.416. The average Bonchev–Trinajstić information content (AvgIpc) is 3.45. The Morgan fingerprint density at radius 3 is 2.88 bits per heavy atom. The van der Waals surface area contributed by atoms with Crippen LogP contribution in [0, 0.1) is 0 Å². The molecule has 2 amide bonds. The van der Waals surface area contributed by atoms with Gasteiger partial charge in [-0.2, -0.15) is 0 Å². The molecule has 11 nitrogen and oxygen atoms in total. The normalized spacial score (nSPS) is 15.6. The molecule has 0 atom stereocenters. The van der Waals surface area contributed by atoms with Crippen LogP contribution in [0.4, 0.5) is 17.4 Å². The van der Waals surface area contributed by atoms with Crippen molar-refractivity contribution in [1.29, 1.82) is 0 Å². The number of oxazole rings is 1. The maximum Gasteiger partial charge on any atom is 0.305 e. The zero-order chi connectivity index (χ0) is 22.1. The number of carbonyl (C=O) groups is 2. The van der Waals surface area contributed by atoms with E-state index in [1.807, 2.05) is 6.07 Å². The summed E-state index contributed by atoms with van der Waals surface area (Å²) in [4.78, 5) is 41.5. The van der Waals surface area contributed by atoms with Gasteiger partial charge in [-0.15, -0.1) is 0 Å². The Kier molecular flexibility index (Phi) is 5.15. The predicted molar refractivity (Wildman–Crippen MR) is 115 cm³/mol. The van der Waals surface area contributed by atoms with Crippen LogP contribution >= 0.6 is 0 Å². The van der Waals surface area contributed by atoms with Gasteiger partial charge in [0, 0.05) is 50.2 Å². The zero-order valence-corrected chi connectivity index (χ0v) is 17.4. The highest BCUT2D eigenvalue weighted by Crippen LogP contribution is 2.30. The molecule has 1 fully saturated rings. The third kappa shape index (κ3) is 3.62. The Balaban J connectivity index is 1.33. The number of anilines is 3. The largest absolute Gasteiger partial charge is 0.481 e. The van der Waals surface area contributed by atoms with Crippen molar-refractivity contribution in [2.75, 3.05) is 48.4 Å². The lowest BCUT2D eigenvalue weighted by molar-refractivity contribution is 0.0974. The molecule has 0 unspecified atom stereocenters. The van der Waals surface area contributed by atoms with E-state index >= 15 is 0 Å². The molecule has 164 valence electrons. The van der Waals surface area contributed by atoms with Crippen molar-refractivity contribution >= 4 is 29.2 Å². The highest BCUT2D eigenvalue weighted by atomic mass is 16.5. The first-order valence-corrected chi connectivity index (χ1v) is 10.2. The molecule has 32 heavy (non-hydrogen) atoms. The van der Waals surface area contributed by atoms with Crippen molar-refractivity contribution in [2.45, 2.75) is 6.54 Å². The quantitative estimate of drug-likeness (QED) is 0.610. The van der Waals surface area contributed by atoms with E-state index in [9.17, 15) is 9.59 Å². The number of amides is 2. The van der Waals surface area contributed by atoms with Crippen LogP contribution in [-0.2, 0) is 6.54 Å². The zero-order valence-electron chi connectivity index (χ0n) is 17.4. The summed E-state index contributed by atoms with van der Waals surface area (Å²) in [6, 6.07) is 3.49. The summed E-state index contributed by atoms with van der Waals surface area (Å²) in [5.41, 5.74) is 2.68. The Morgan fingerprint density at radius 2 is 2.06 bits per heavy atom. The van der Waals surface area contributed by atoms with Gasteiger partial charge in [-0.25, -0.2) is 9.97 Å². The van der Waals surface area contributed by atoms with Gasteiger partial charge in [0.05, 0.1) is 43.0 Å². The number of pyridine rings is 2. The second-order valence-electron chi connectivity index (χ2n) is 7.37. The lowest BCUT2D eigenvalue weighted by Crippen LogP contribution is -2.43. The Hall–Kier alpha value is -3.99. The van der Waals surface area contributed by atoms with E-state index in [1.165, 1.54) is 18.2 Å². The third-order valence-corrected chi connectivity index (χ3v) is 5.43. The average molecular weight is 435 g/mol. The highest BCUT2D eigenvalue weighted by molar-refractivity contribution is 6.09. The molecule has 2 aliphatic rings. The summed E-state index contributed by atoms with van der Waals surface area (Å²) in [7, 11) is 1.49. The summed E-state index contributed by atoms with van der Waals surface area (Å²) in [6.45, 7) is 3.65. The molecule has 3 aromatic heterocycles. The van der Waals surface area contributed by atoms with Crippen LogP contribution in [0.25, 0.3) is 0 Å². The molecule has 0 saturated carbocycles. The smallest absolute Gasteiger partial charge is 0.305 e. The SMILES string of the molecule is COc1cc2c(cn1)CN(c1ncc(C(=O)Nc3cnccc3N3CCNCC3)o1)C2=O. The van der Waals surface area contributed by atoms with Crippen molar-refractivity contribution in [3.05, 3.63) is 53.8 Å². The number of aromatic nitrogens is 3. The second-order valence-corrected chi connectivity index (χ2v) is 7.37. The number of fused-ring (bicyclic) bond motifs is 1. The Morgan fingerprint density at radius 1 is 1.22 bits per heavy atom. The minimum atomic E-state index is -0.472. The van der Waals surface area contributed by atoms with Gasteiger partial charge >= 0.3 is 6.01 Å². The molecule has 0 radical (unpaired) electrons. The molecule has 11 heteroatoms. The standard InChI is InChI=1S/C21H21N7O4/c1-31-18-8-14-13(9-24-18)12-28(20(14)30)21-25-11-17(32-21)19(29)26-15-10-23-3-2-16(15)27-6-4-22-5-7-27/h2-3,8-11,22H,4-7,12H2,1H3,(H,26,29). The lowest BCUT2D eigenvalue weighted by Gasteiger charge is -2.30. The summed E-state index contributed by atoms with van der Waals surface area (Å²) >= 11 is 0. The Bertz CT molecular complexity index is 1170. The van der Waals surface area contributed by atoms with Crippen molar-refractivity contribution < 1.29 is 18.7 Å². The molecule has 0 aliphatic carbocycles. The number of nitrogens with zero attached hydrogens (tertiary/aromatic N) is 5. The van der Waals surface area contributed by atoms with Gasteiger partial charge in [0.25, 0.3) is 11.8 Å². The van der Waals surface area contributed by atoms with E-state index in [1.54, 1.807) is 24.7 Å². The van der Waals surface area contributed by atoms with Gasteiger partial charge in [-0.05, 0) is 6.07 Å². The van der Waals surface area contributed by atoms with Crippen molar-refractivity contribution in [2.24, 2.45) is 0 Å². The van der Waals surface area contributed by atoms with E-state index in [4.69, 9.17) is 9.15 Å². The van der Waals surface area contributed by atoms with Gasteiger partial charge in [0.1, 0.15) is 0 Å². The van der Waals surface area contributed by atoms with Crippen molar-refractivity contribution in [3.8, 4) is 5.88 Å². The van der Waals surface area contributed by atoms with Crippen LogP contribution < -0.4 is 25.2 Å². The number of hydrogen-bond donors (Lipinski definition) is 2. The number of methoxy groups -OCH3 is 1. The molecule has 0 bridgehead atoms. The van der Waals surface area contributed by atoms with Gasteiger partial charge in [-0.3, -0.25) is 19.5 Å². The fraction of sp³-hybridized carbons (Fsp3) is 0.286.